The molecule has 0 unspecified atom stereocenters. The molecule has 1 aromatic carbocycles. The van der Waals surface area contributed by atoms with Crippen molar-refractivity contribution in [2.24, 2.45) is 4.99 Å². The molecule has 1 rings (SSSR count). The summed E-state index contributed by atoms with van der Waals surface area (Å²) in [7, 11) is 1.79. The number of ether oxygens (including phenoxy) is 1. The van der Waals surface area contributed by atoms with Gasteiger partial charge in [-0.3, -0.25) is 4.99 Å². The Morgan fingerprint density at radius 2 is 1.77 bits per heavy atom. The molecular formula is C17H29N3OS. The van der Waals surface area contributed by atoms with Crippen molar-refractivity contribution < 1.29 is 4.74 Å². The lowest BCUT2D eigenvalue weighted by molar-refractivity contribution is 0.321. The first-order valence-corrected chi connectivity index (χ1v) is 9.19. The topological polar surface area (TPSA) is 45.7 Å². The Hall–Kier alpha value is -1.36. The molecular weight excluding hydrogens is 294 g/mol. The highest BCUT2D eigenvalue weighted by molar-refractivity contribution is 7.98. The summed E-state index contributed by atoms with van der Waals surface area (Å²) in [6, 6.07) is 6.27. The number of guanidine groups is 1. The highest BCUT2D eigenvalue weighted by Crippen LogP contribution is 2.15. The molecule has 124 valence electrons. The molecule has 5 heteroatoms. The molecule has 0 aliphatic rings. The molecule has 0 aliphatic carbocycles. The average Bonchev–Trinajstić information content (AvgIpc) is 2.48. The molecule has 0 aromatic heterocycles. The van der Waals surface area contributed by atoms with Gasteiger partial charge in [-0.05, 0) is 62.0 Å². The first-order chi connectivity index (χ1) is 10.7. The minimum Gasteiger partial charge on any atom is -0.492 e. The summed E-state index contributed by atoms with van der Waals surface area (Å²) in [6.07, 6.45) is 4.55. The molecule has 0 aliphatic heterocycles. The van der Waals surface area contributed by atoms with E-state index in [9.17, 15) is 0 Å². The number of rotatable bonds is 9. The number of benzene rings is 1. The highest BCUT2D eigenvalue weighted by Gasteiger charge is 1.99. The summed E-state index contributed by atoms with van der Waals surface area (Å²) >= 11 is 1.89. The fraction of sp³-hybridized carbons (Fsp3) is 0.588. The van der Waals surface area contributed by atoms with Crippen molar-refractivity contribution >= 4 is 17.7 Å². The van der Waals surface area contributed by atoms with Crippen molar-refractivity contribution in [1.82, 2.24) is 10.6 Å². The second kappa shape index (κ2) is 11.2. The maximum absolute atomic E-state index is 5.77. The van der Waals surface area contributed by atoms with Crippen molar-refractivity contribution in [3.8, 4) is 5.75 Å². The minimum absolute atomic E-state index is 0.621. The third kappa shape index (κ3) is 8.17. The van der Waals surface area contributed by atoms with Crippen molar-refractivity contribution in [2.45, 2.75) is 26.7 Å². The highest BCUT2D eigenvalue weighted by atomic mass is 32.2. The van der Waals surface area contributed by atoms with Gasteiger partial charge in [0.05, 0.1) is 6.54 Å². The van der Waals surface area contributed by atoms with E-state index >= 15 is 0 Å². The summed E-state index contributed by atoms with van der Waals surface area (Å²) in [5.41, 5.74) is 2.45. The molecule has 0 heterocycles. The SMILES string of the molecule is CN=C(NCCCCSC)NCCOc1cc(C)cc(C)c1. The van der Waals surface area contributed by atoms with Crippen LogP contribution in [0, 0.1) is 13.8 Å². The van der Waals surface area contributed by atoms with E-state index in [1.807, 2.05) is 11.8 Å². The fourth-order valence-corrected chi connectivity index (χ4v) is 2.65. The lowest BCUT2D eigenvalue weighted by Gasteiger charge is -2.13. The molecule has 0 radical (unpaired) electrons. The predicted molar refractivity (Wildman–Crippen MR) is 98.4 cm³/mol. The summed E-state index contributed by atoms with van der Waals surface area (Å²) in [6.45, 7) is 6.48. The Kier molecular flexibility index (Phi) is 9.55. The third-order valence-corrected chi connectivity index (χ3v) is 3.85. The van der Waals surface area contributed by atoms with Gasteiger partial charge in [0.1, 0.15) is 12.4 Å². The van der Waals surface area contributed by atoms with Gasteiger partial charge in [0, 0.05) is 13.6 Å². The van der Waals surface area contributed by atoms with Crippen LogP contribution < -0.4 is 15.4 Å². The zero-order valence-electron chi connectivity index (χ0n) is 14.2. The molecule has 0 atom stereocenters. The normalized spacial score (nSPS) is 11.4. The summed E-state index contributed by atoms with van der Waals surface area (Å²) in [5, 5.41) is 6.59. The zero-order valence-corrected chi connectivity index (χ0v) is 15.1. The maximum atomic E-state index is 5.77. The van der Waals surface area contributed by atoms with Crippen LogP contribution in [0.15, 0.2) is 23.2 Å². The Bertz CT molecular complexity index is 443. The van der Waals surface area contributed by atoms with Gasteiger partial charge < -0.3 is 15.4 Å². The van der Waals surface area contributed by atoms with Crippen molar-refractivity contribution in [3.63, 3.8) is 0 Å². The van der Waals surface area contributed by atoms with Crippen LogP contribution in [0.3, 0.4) is 0 Å². The van der Waals surface area contributed by atoms with Crippen molar-refractivity contribution in [3.05, 3.63) is 29.3 Å². The maximum Gasteiger partial charge on any atom is 0.191 e. The summed E-state index contributed by atoms with van der Waals surface area (Å²) < 4.78 is 5.77. The molecule has 0 bridgehead atoms. The van der Waals surface area contributed by atoms with Crippen molar-refractivity contribution in [1.29, 1.82) is 0 Å². The molecule has 0 fully saturated rings. The van der Waals surface area contributed by atoms with Crippen LogP contribution in [0.5, 0.6) is 5.75 Å². The minimum atomic E-state index is 0.621. The molecule has 0 saturated heterocycles. The Labute approximate surface area is 139 Å². The second-order valence-electron chi connectivity index (χ2n) is 5.30. The standard InChI is InChI=1S/C17H29N3OS/c1-14-11-15(2)13-16(12-14)21-9-8-20-17(18-3)19-7-5-6-10-22-4/h11-13H,5-10H2,1-4H3,(H2,18,19,20). The van der Waals surface area contributed by atoms with E-state index in [1.165, 1.54) is 29.7 Å². The number of aryl methyl sites for hydroxylation is 2. The van der Waals surface area contributed by atoms with Gasteiger partial charge in [0.25, 0.3) is 0 Å². The Morgan fingerprint density at radius 1 is 1.09 bits per heavy atom. The average molecular weight is 324 g/mol. The van der Waals surface area contributed by atoms with Crippen LogP contribution in [0.4, 0.5) is 0 Å². The van der Waals surface area contributed by atoms with E-state index in [-0.39, 0.29) is 0 Å². The van der Waals surface area contributed by atoms with Crippen LogP contribution in [0.2, 0.25) is 0 Å². The molecule has 22 heavy (non-hydrogen) atoms. The fourth-order valence-electron chi connectivity index (χ4n) is 2.15. The smallest absolute Gasteiger partial charge is 0.191 e. The molecule has 2 N–H and O–H groups in total. The summed E-state index contributed by atoms with van der Waals surface area (Å²) in [4.78, 5) is 4.21. The molecule has 0 saturated carbocycles. The predicted octanol–water partition coefficient (Wildman–Crippen LogP) is 2.99. The van der Waals surface area contributed by atoms with Crippen LogP contribution in [0.25, 0.3) is 0 Å². The van der Waals surface area contributed by atoms with Crippen molar-refractivity contribution in [2.75, 3.05) is 38.8 Å². The molecule has 1 aromatic rings. The van der Waals surface area contributed by atoms with Gasteiger partial charge in [-0.2, -0.15) is 11.8 Å². The van der Waals surface area contributed by atoms with E-state index in [1.54, 1.807) is 7.05 Å². The molecule has 0 amide bonds. The van der Waals surface area contributed by atoms with Gasteiger partial charge in [-0.1, -0.05) is 6.07 Å². The lowest BCUT2D eigenvalue weighted by Crippen LogP contribution is -2.39. The number of nitrogens with zero attached hydrogens (tertiary/aromatic N) is 1. The van der Waals surface area contributed by atoms with Gasteiger partial charge in [0.15, 0.2) is 5.96 Å². The van der Waals surface area contributed by atoms with E-state index < -0.39 is 0 Å². The van der Waals surface area contributed by atoms with Crippen LogP contribution in [-0.4, -0.2) is 44.7 Å². The number of unbranched alkanes of at least 4 members (excludes halogenated alkanes) is 1. The molecule has 0 spiro atoms. The van der Waals surface area contributed by atoms with Gasteiger partial charge in [-0.25, -0.2) is 0 Å². The van der Waals surface area contributed by atoms with Gasteiger partial charge in [-0.15, -0.1) is 0 Å². The number of hydrogen-bond donors (Lipinski definition) is 2. The number of hydrogen-bond acceptors (Lipinski definition) is 3. The number of thioether (sulfide) groups is 1. The van der Waals surface area contributed by atoms with Crippen LogP contribution >= 0.6 is 11.8 Å². The van der Waals surface area contributed by atoms with Crippen LogP contribution in [0.1, 0.15) is 24.0 Å². The second-order valence-corrected chi connectivity index (χ2v) is 6.28. The first-order valence-electron chi connectivity index (χ1n) is 7.80. The quantitative estimate of drug-likeness (QED) is 0.417. The lowest BCUT2D eigenvalue weighted by atomic mass is 10.1. The zero-order chi connectivity index (χ0) is 16.2. The van der Waals surface area contributed by atoms with Gasteiger partial charge in [0.2, 0.25) is 0 Å². The van der Waals surface area contributed by atoms with E-state index in [4.69, 9.17) is 4.74 Å². The largest absolute Gasteiger partial charge is 0.492 e. The third-order valence-electron chi connectivity index (χ3n) is 3.15. The van der Waals surface area contributed by atoms with Gasteiger partial charge >= 0.3 is 0 Å². The first kappa shape index (κ1) is 18.7. The van der Waals surface area contributed by atoms with E-state index in [0.29, 0.717) is 6.61 Å². The van der Waals surface area contributed by atoms with E-state index in [0.717, 1.165) is 24.8 Å². The Balaban J connectivity index is 2.18. The summed E-state index contributed by atoms with van der Waals surface area (Å²) in [5.74, 6) is 2.99. The number of aliphatic imine (C=N–C) groups is 1. The number of nitrogens with one attached hydrogen (secondary N) is 2. The Morgan fingerprint density at radius 3 is 2.41 bits per heavy atom. The molecule has 4 nitrogen and oxygen atoms in total. The monoisotopic (exact) mass is 323 g/mol. The van der Waals surface area contributed by atoms with Crippen LogP contribution in [-0.2, 0) is 0 Å². The van der Waals surface area contributed by atoms with E-state index in [2.05, 4.69) is 53.9 Å².